The molecule has 0 radical (unpaired) electrons. The highest BCUT2D eigenvalue weighted by Crippen LogP contribution is 2.35. The number of aromatic nitrogens is 2. The molecule has 2 aliphatic rings. The van der Waals surface area contributed by atoms with Crippen LogP contribution >= 0.6 is 0 Å². The number of para-hydroxylation sites is 2. The first-order valence-electron chi connectivity index (χ1n) is 8.38. The number of nitrogens with zero attached hydrogens (tertiary/aromatic N) is 3. The summed E-state index contributed by atoms with van der Waals surface area (Å²) in [5, 5.41) is 0. The van der Waals surface area contributed by atoms with Gasteiger partial charge in [-0.3, -0.25) is 4.79 Å². The molecular formula is C17H21N3O3S. The first-order valence-corrected chi connectivity index (χ1v) is 10.2. The summed E-state index contributed by atoms with van der Waals surface area (Å²) in [7, 11) is -1.07. The second-order valence-electron chi connectivity index (χ2n) is 6.81. The molecule has 0 bridgehead atoms. The highest BCUT2D eigenvalue weighted by atomic mass is 32.2. The van der Waals surface area contributed by atoms with Crippen molar-refractivity contribution in [1.29, 1.82) is 0 Å². The zero-order valence-corrected chi connectivity index (χ0v) is 14.5. The van der Waals surface area contributed by atoms with E-state index in [1.165, 1.54) is 0 Å². The average molecular weight is 347 g/mol. The van der Waals surface area contributed by atoms with Gasteiger partial charge in [-0.25, -0.2) is 13.4 Å². The molecule has 0 unspecified atom stereocenters. The Bertz CT molecular complexity index is 903. The summed E-state index contributed by atoms with van der Waals surface area (Å²) < 4.78 is 25.4. The van der Waals surface area contributed by atoms with E-state index in [4.69, 9.17) is 4.98 Å². The van der Waals surface area contributed by atoms with Gasteiger partial charge in [-0.2, -0.15) is 0 Å². The Labute approximate surface area is 141 Å². The highest BCUT2D eigenvalue weighted by Gasteiger charge is 2.40. The van der Waals surface area contributed by atoms with E-state index in [1.807, 2.05) is 36.2 Å². The van der Waals surface area contributed by atoms with Gasteiger partial charge < -0.3 is 9.47 Å². The van der Waals surface area contributed by atoms with Gasteiger partial charge in [-0.05, 0) is 31.4 Å². The standard InChI is InChI=1S/C17H21N3O3S/c1-19-14-6-3-2-5-13(14)18-16(19)15-7-4-9-20(15)17(21)12-8-10-24(22,23)11-12/h2-3,5-6,12,15H,4,7-11H2,1H3/t12-,15-/m0/s1. The minimum absolute atomic E-state index is 0.00239. The number of aryl methyl sites for hydroxylation is 1. The van der Waals surface area contributed by atoms with E-state index in [2.05, 4.69) is 4.57 Å². The van der Waals surface area contributed by atoms with Crippen molar-refractivity contribution in [2.24, 2.45) is 13.0 Å². The molecule has 0 N–H and O–H groups in total. The van der Waals surface area contributed by atoms with Gasteiger partial charge in [0.2, 0.25) is 5.91 Å². The predicted octanol–water partition coefficient (Wildman–Crippen LogP) is 1.67. The van der Waals surface area contributed by atoms with E-state index in [0.717, 1.165) is 29.7 Å². The second kappa shape index (κ2) is 5.58. The number of rotatable bonds is 2. The number of carbonyl (C=O) groups excluding carboxylic acids is 1. The second-order valence-corrected chi connectivity index (χ2v) is 9.04. The Hall–Kier alpha value is -1.89. The van der Waals surface area contributed by atoms with Crippen LogP contribution in [0.5, 0.6) is 0 Å². The fourth-order valence-electron chi connectivity index (χ4n) is 3.99. The maximum absolute atomic E-state index is 12.9. The van der Waals surface area contributed by atoms with E-state index < -0.39 is 9.84 Å². The molecule has 7 heteroatoms. The summed E-state index contributed by atoms with van der Waals surface area (Å²) in [5.41, 5.74) is 1.98. The van der Waals surface area contributed by atoms with Gasteiger partial charge in [0.1, 0.15) is 5.82 Å². The molecule has 2 aliphatic heterocycles. The molecular weight excluding hydrogens is 326 g/mol. The van der Waals surface area contributed by atoms with Crippen LogP contribution in [0.4, 0.5) is 0 Å². The van der Waals surface area contributed by atoms with Crippen molar-refractivity contribution in [2.45, 2.75) is 25.3 Å². The molecule has 2 atom stereocenters. The van der Waals surface area contributed by atoms with Crippen molar-refractivity contribution in [1.82, 2.24) is 14.5 Å². The van der Waals surface area contributed by atoms with Crippen LogP contribution in [0.1, 0.15) is 31.1 Å². The molecule has 2 fully saturated rings. The number of benzene rings is 1. The van der Waals surface area contributed by atoms with Crippen molar-refractivity contribution < 1.29 is 13.2 Å². The first kappa shape index (κ1) is 15.6. The zero-order valence-electron chi connectivity index (χ0n) is 13.7. The predicted molar refractivity (Wildman–Crippen MR) is 91.2 cm³/mol. The van der Waals surface area contributed by atoms with E-state index >= 15 is 0 Å². The first-order chi connectivity index (χ1) is 11.5. The van der Waals surface area contributed by atoms with Crippen molar-refractivity contribution in [2.75, 3.05) is 18.1 Å². The molecule has 0 spiro atoms. The molecule has 2 aromatic rings. The summed E-state index contributed by atoms with van der Waals surface area (Å²) in [6.45, 7) is 0.684. The lowest BCUT2D eigenvalue weighted by atomic mass is 10.1. The largest absolute Gasteiger partial charge is 0.332 e. The monoisotopic (exact) mass is 347 g/mol. The Morgan fingerprint density at radius 3 is 2.75 bits per heavy atom. The fraction of sp³-hybridized carbons (Fsp3) is 0.529. The maximum atomic E-state index is 12.9. The van der Waals surface area contributed by atoms with Crippen molar-refractivity contribution in [3.05, 3.63) is 30.1 Å². The molecule has 0 aliphatic carbocycles. The zero-order chi connectivity index (χ0) is 16.9. The van der Waals surface area contributed by atoms with Crippen LogP contribution in [0, 0.1) is 5.92 Å². The summed E-state index contributed by atoms with van der Waals surface area (Å²) in [4.78, 5) is 19.5. The molecule has 1 aromatic heterocycles. The summed E-state index contributed by atoms with van der Waals surface area (Å²) in [6, 6.07) is 7.88. The third-order valence-electron chi connectivity index (χ3n) is 5.24. The Morgan fingerprint density at radius 2 is 2.04 bits per heavy atom. The number of hydrogen-bond donors (Lipinski definition) is 0. The van der Waals surface area contributed by atoms with E-state index in [1.54, 1.807) is 0 Å². The molecule has 6 nitrogen and oxygen atoms in total. The SMILES string of the molecule is Cn1c([C@@H]2CCCN2C(=O)[C@H]2CCS(=O)(=O)C2)nc2ccccc21. The molecule has 4 rings (SSSR count). The van der Waals surface area contributed by atoms with Gasteiger partial charge in [0, 0.05) is 13.6 Å². The third-order valence-corrected chi connectivity index (χ3v) is 7.01. The number of hydrogen-bond acceptors (Lipinski definition) is 4. The molecule has 24 heavy (non-hydrogen) atoms. The van der Waals surface area contributed by atoms with E-state index in [0.29, 0.717) is 13.0 Å². The molecule has 0 saturated carbocycles. The lowest BCUT2D eigenvalue weighted by molar-refractivity contribution is -0.135. The topological polar surface area (TPSA) is 72.3 Å². The normalized spacial score (nSPS) is 26.3. The lowest BCUT2D eigenvalue weighted by Crippen LogP contribution is -2.37. The smallest absolute Gasteiger partial charge is 0.227 e. The number of fused-ring (bicyclic) bond motifs is 1. The third kappa shape index (κ3) is 2.51. The number of amides is 1. The average Bonchev–Trinajstić information content (AvgIpc) is 3.24. The summed E-state index contributed by atoms with van der Waals surface area (Å²) in [5.74, 6) is 0.616. The number of likely N-dealkylation sites (tertiary alicyclic amines) is 1. The van der Waals surface area contributed by atoms with Gasteiger partial charge in [0.15, 0.2) is 9.84 Å². The van der Waals surface area contributed by atoms with Crippen LogP contribution in [0.25, 0.3) is 11.0 Å². The summed E-state index contributed by atoms with van der Waals surface area (Å²) >= 11 is 0. The number of imidazole rings is 1. The Balaban J connectivity index is 1.65. The van der Waals surface area contributed by atoms with Gasteiger partial charge in [-0.15, -0.1) is 0 Å². The van der Waals surface area contributed by atoms with Crippen LogP contribution in [-0.4, -0.2) is 46.8 Å². The van der Waals surface area contributed by atoms with Gasteiger partial charge in [0.25, 0.3) is 0 Å². The van der Waals surface area contributed by atoms with E-state index in [9.17, 15) is 13.2 Å². The van der Waals surface area contributed by atoms with Gasteiger partial charge >= 0.3 is 0 Å². The van der Waals surface area contributed by atoms with Crippen LogP contribution < -0.4 is 0 Å². The quantitative estimate of drug-likeness (QED) is 0.828. The van der Waals surface area contributed by atoms with Crippen LogP contribution in [0.2, 0.25) is 0 Å². The number of sulfone groups is 1. The molecule has 2 saturated heterocycles. The van der Waals surface area contributed by atoms with Gasteiger partial charge in [-0.1, -0.05) is 12.1 Å². The van der Waals surface area contributed by atoms with Crippen molar-refractivity contribution in [3.63, 3.8) is 0 Å². The summed E-state index contributed by atoms with van der Waals surface area (Å²) in [6.07, 6.45) is 2.26. The Kier molecular flexibility index (Phi) is 3.63. The fourth-order valence-corrected chi connectivity index (χ4v) is 5.72. The van der Waals surface area contributed by atoms with Crippen LogP contribution in [0.3, 0.4) is 0 Å². The van der Waals surface area contributed by atoms with Gasteiger partial charge in [0.05, 0.1) is 34.5 Å². The number of carbonyl (C=O) groups is 1. The minimum Gasteiger partial charge on any atom is -0.332 e. The molecule has 1 aromatic carbocycles. The minimum atomic E-state index is -3.05. The van der Waals surface area contributed by atoms with Crippen LogP contribution in [0.15, 0.2) is 24.3 Å². The molecule has 3 heterocycles. The Morgan fingerprint density at radius 1 is 1.25 bits per heavy atom. The highest BCUT2D eigenvalue weighted by molar-refractivity contribution is 7.91. The van der Waals surface area contributed by atoms with Crippen molar-refractivity contribution >= 4 is 26.8 Å². The molecule has 1 amide bonds. The lowest BCUT2D eigenvalue weighted by Gasteiger charge is -2.26. The van der Waals surface area contributed by atoms with E-state index in [-0.39, 0.29) is 29.4 Å². The maximum Gasteiger partial charge on any atom is 0.227 e. The molecule has 128 valence electrons. The van der Waals surface area contributed by atoms with Crippen molar-refractivity contribution in [3.8, 4) is 0 Å². The van der Waals surface area contributed by atoms with Crippen LogP contribution in [-0.2, 0) is 21.7 Å².